The molecule has 0 unspecified atom stereocenters. The SMILES string of the molecule is CC/C=C(N)/N=C(/OCC)C(/N=C\C(C)C)=C(C)C. The van der Waals surface area contributed by atoms with E-state index in [9.17, 15) is 0 Å². The molecule has 0 fully saturated rings. The van der Waals surface area contributed by atoms with Crippen molar-refractivity contribution in [3.8, 4) is 0 Å². The molecule has 19 heavy (non-hydrogen) atoms. The van der Waals surface area contributed by atoms with Crippen molar-refractivity contribution in [2.24, 2.45) is 21.6 Å². The molecule has 0 spiro atoms. The lowest BCUT2D eigenvalue weighted by atomic mass is 10.2. The maximum Gasteiger partial charge on any atom is 0.241 e. The molecule has 0 radical (unpaired) electrons. The molecule has 0 bridgehead atoms. The van der Waals surface area contributed by atoms with Crippen LogP contribution in [0.4, 0.5) is 0 Å². The van der Waals surface area contributed by atoms with Gasteiger partial charge < -0.3 is 10.5 Å². The van der Waals surface area contributed by atoms with E-state index in [4.69, 9.17) is 10.5 Å². The average molecular weight is 265 g/mol. The maximum atomic E-state index is 5.83. The Kier molecular flexibility index (Phi) is 8.58. The molecule has 4 nitrogen and oxygen atoms in total. The molecule has 0 amide bonds. The third kappa shape index (κ3) is 7.44. The Morgan fingerprint density at radius 3 is 2.32 bits per heavy atom. The molecule has 0 aromatic carbocycles. The van der Waals surface area contributed by atoms with Crippen LogP contribution in [0, 0.1) is 5.92 Å². The quantitative estimate of drug-likeness (QED) is 0.588. The second-order valence-electron chi connectivity index (χ2n) is 4.76. The minimum absolute atomic E-state index is 0.376. The standard InChI is InChI=1S/C15H27N3O/c1-7-9-13(16)18-15(19-8-2)14(12(5)6)17-10-11(3)4/h9-11H,7-8,16H2,1-6H3/b13-9+,17-10-,18-15+. The first-order valence-corrected chi connectivity index (χ1v) is 6.81. The highest BCUT2D eigenvalue weighted by Crippen LogP contribution is 2.11. The number of allylic oxidation sites excluding steroid dienone is 2. The number of nitrogens with zero attached hydrogens (tertiary/aromatic N) is 2. The highest BCUT2D eigenvalue weighted by molar-refractivity contribution is 5.95. The van der Waals surface area contributed by atoms with E-state index in [2.05, 4.69) is 23.8 Å². The Hall–Kier alpha value is -1.58. The van der Waals surface area contributed by atoms with Crippen LogP contribution in [0.1, 0.15) is 48.0 Å². The van der Waals surface area contributed by atoms with E-state index in [0.717, 1.165) is 17.7 Å². The minimum Gasteiger partial charge on any atom is -0.476 e. The van der Waals surface area contributed by atoms with Crippen LogP contribution in [0.5, 0.6) is 0 Å². The van der Waals surface area contributed by atoms with Crippen molar-refractivity contribution >= 4 is 12.1 Å². The smallest absolute Gasteiger partial charge is 0.241 e. The number of rotatable bonds is 6. The molecule has 0 saturated carbocycles. The van der Waals surface area contributed by atoms with Crippen molar-refractivity contribution in [1.29, 1.82) is 0 Å². The predicted molar refractivity (Wildman–Crippen MR) is 83.3 cm³/mol. The van der Waals surface area contributed by atoms with Crippen LogP contribution in [0.3, 0.4) is 0 Å². The highest BCUT2D eigenvalue weighted by atomic mass is 16.5. The Labute approximate surface area is 117 Å². The molecule has 0 saturated heterocycles. The van der Waals surface area contributed by atoms with E-state index in [0.29, 0.717) is 24.2 Å². The van der Waals surface area contributed by atoms with E-state index in [1.165, 1.54) is 0 Å². The maximum absolute atomic E-state index is 5.83. The zero-order valence-corrected chi connectivity index (χ0v) is 13.0. The topological polar surface area (TPSA) is 60.0 Å². The van der Waals surface area contributed by atoms with Gasteiger partial charge in [0.15, 0.2) is 0 Å². The molecule has 0 atom stereocenters. The van der Waals surface area contributed by atoms with Crippen LogP contribution in [-0.4, -0.2) is 18.7 Å². The predicted octanol–water partition coefficient (Wildman–Crippen LogP) is 3.65. The van der Waals surface area contributed by atoms with Crippen molar-refractivity contribution in [2.75, 3.05) is 6.61 Å². The molecule has 0 aliphatic carbocycles. The molecule has 108 valence electrons. The largest absolute Gasteiger partial charge is 0.476 e. The zero-order chi connectivity index (χ0) is 14.8. The van der Waals surface area contributed by atoms with Gasteiger partial charge >= 0.3 is 0 Å². The van der Waals surface area contributed by atoms with Gasteiger partial charge in [0.2, 0.25) is 5.90 Å². The van der Waals surface area contributed by atoms with Crippen LogP contribution in [0.2, 0.25) is 0 Å². The summed E-state index contributed by atoms with van der Waals surface area (Å²) in [5.74, 6) is 1.33. The number of hydrogen-bond acceptors (Lipinski definition) is 4. The second kappa shape index (κ2) is 9.36. The van der Waals surface area contributed by atoms with Crippen molar-refractivity contribution in [2.45, 2.75) is 48.0 Å². The van der Waals surface area contributed by atoms with Crippen LogP contribution in [0.15, 0.2) is 33.2 Å². The first kappa shape index (κ1) is 17.4. The van der Waals surface area contributed by atoms with Gasteiger partial charge in [-0.25, -0.2) is 0 Å². The lowest BCUT2D eigenvalue weighted by Crippen LogP contribution is -2.11. The zero-order valence-electron chi connectivity index (χ0n) is 13.0. The number of ether oxygens (including phenoxy) is 1. The third-order valence-corrected chi connectivity index (χ3v) is 2.10. The summed E-state index contributed by atoms with van der Waals surface area (Å²) in [7, 11) is 0. The Balaban J connectivity index is 5.44. The van der Waals surface area contributed by atoms with Gasteiger partial charge in [0.05, 0.1) is 6.61 Å². The van der Waals surface area contributed by atoms with Crippen LogP contribution >= 0.6 is 0 Å². The molecule has 0 aromatic heterocycles. The fourth-order valence-electron chi connectivity index (χ4n) is 1.28. The van der Waals surface area contributed by atoms with Crippen LogP contribution in [-0.2, 0) is 4.74 Å². The Bertz CT molecular complexity index is 386. The van der Waals surface area contributed by atoms with Gasteiger partial charge in [-0.1, -0.05) is 20.8 Å². The van der Waals surface area contributed by atoms with E-state index >= 15 is 0 Å². The summed E-state index contributed by atoms with van der Waals surface area (Å²) in [5.41, 5.74) is 7.63. The number of hydrogen-bond donors (Lipinski definition) is 1. The van der Waals surface area contributed by atoms with Gasteiger partial charge in [-0.15, -0.1) is 0 Å². The fourth-order valence-corrected chi connectivity index (χ4v) is 1.28. The summed E-state index contributed by atoms with van der Waals surface area (Å²) in [6.45, 7) is 12.6. The Morgan fingerprint density at radius 2 is 1.89 bits per heavy atom. The van der Waals surface area contributed by atoms with E-state index in [-0.39, 0.29) is 0 Å². The molecule has 4 heteroatoms. The monoisotopic (exact) mass is 265 g/mol. The molecular formula is C15H27N3O. The van der Waals surface area contributed by atoms with Gasteiger partial charge in [-0.2, -0.15) is 4.99 Å². The number of nitrogens with two attached hydrogens (primary N) is 1. The lowest BCUT2D eigenvalue weighted by Gasteiger charge is -2.10. The summed E-state index contributed by atoms with van der Waals surface area (Å²) in [6.07, 6.45) is 4.58. The third-order valence-electron chi connectivity index (χ3n) is 2.10. The molecule has 0 aromatic rings. The van der Waals surface area contributed by atoms with Gasteiger partial charge in [-0.3, -0.25) is 4.99 Å². The minimum atomic E-state index is 0.376. The van der Waals surface area contributed by atoms with Gasteiger partial charge in [0, 0.05) is 6.21 Å². The van der Waals surface area contributed by atoms with E-state index in [1.807, 2.05) is 40.0 Å². The number of aliphatic imine (C=N–C) groups is 2. The molecule has 0 rings (SSSR count). The van der Waals surface area contributed by atoms with Gasteiger partial charge in [0.1, 0.15) is 11.5 Å². The van der Waals surface area contributed by atoms with Crippen LogP contribution in [0.25, 0.3) is 0 Å². The summed E-state index contributed by atoms with van der Waals surface area (Å²) in [6, 6.07) is 0. The van der Waals surface area contributed by atoms with Crippen molar-refractivity contribution in [3.63, 3.8) is 0 Å². The lowest BCUT2D eigenvalue weighted by molar-refractivity contribution is 0.326. The first-order chi connectivity index (χ1) is 8.92. The van der Waals surface area contributed by atoms with Gasteiger partial charge in [-0.05, 0) is 44.8 Å². The van der Waals surface area contributed by atoms with Gasteiger partial charge in [0.25, 0.3) is 0 Å². The molecule has 0 heterocycles. The van der Waals surface area contributed by atoms with E-state index in [1.54, 1.807) is 0 Å². The fraction of sp³-hybridized carbons (Fsp3) is 0.600. The normalized spacial score (nSPS) is 13.2. The summed E-state index contributed by atoms with van der Waals surface area (Å²) >= 11 is 0. The van der Waals surface area contributed by atoms with Crippen LogP contribution < -0.4 is 5.73 Å². The van der Waals surface area contributed by atoms with Crippen molar-refractivity contribution < 1.29 is 4.74 Å². The summed E-state index contributed by atoms with van der Waals surface area (Å²) < 4.78 is 5.57. The molecular weight excluding hydrogens is 238 g/mol. The summed E-state index contributed by atoms with van der Waals surface area (Å²) in [5, 5.41) is 0. The molecule has 0 aliphatic rings. The van der Waals surface area contributed by atoms with E-state index < -0.39 is 0 Å². The average Bonchev–Trinajstić information content (AvgIpc) is 2.28. The highest BCUT2D eigenvalue weighted by Gasteiger charge is 2.09. The molecule has 2 N–H and O–H groups in total. The summed E-state index contributed by atoms with van der Waals surface area (Å²) in [4.78, 5) is 8.79. The van der Waals surface area contributed by atoms with Crippen molar-refractivity contribution in [3.05, 3.63) is 23.2 Å². The second-order valence-corrected chi connectivity index (χ2v) is 4.76. The molecule has 0 aliphatic heterocycles. The van der Waals surface area contributed by atoms with Crippen molar-refractivity contribution in [1.82, 2.24) is 0 Å². The first-order valence-electron chi connectivity index (χ1n) is 6.81. The Morgan fingerprint density at radius 1 is 1.26 bits per heavy atom.